The minimum atomic E-state index is -0.00732. The van der Waals surface area contributed by atoms with Crippen molar-refractivity contribution in [3.8, 4) is 5.75 Å². The lowest BCUT2D eigenvalue weighted by Gasteiger charge is -2.27. The van der Waals surface area contributed by atoms with Gasteiger partial charge in [-0.2, -0.15) is 0 Å². The molecule has 6 nitrogen and oxygen atoms in total. The summed E-state index contributed by atoms with van der Waals surface area (Å²) in [6, 6.07) is 11.8. The van der Waals surface area contributed by atoms with Gasteiger partial charge in [0, 0.05) is 31.7 Å². The maximum Gasteiger partial charge on any atom is 0.260 e. The summed E-state index contributed by atoms with van der Waals surface area (Å²) in [6.07, 6.45) is 0.880. The summed E-state index contributed by atoms with van der Waals surface area (Å²) >= 11 is 1.54. The number of nitrogens with zero attached hydrogens (tertiary/aromatic N) is 3. The number of hydrogen-bond donors (Lipinski definition) is 0. The summed E-state index contributed by atoms with van der Waals surface area (Å²) < 4.78 is 12.2. The van der Waals surface area contributed by atoms with E-state index in [0.717, 1.165) is 65.9 Å². The first-order valence-corrected chi connectivity index (χ1v) is 12.1. The molecule has 0 unspecified atom stereocenters. The monoisotopic (exact) mass is 453 g/mol. The topological polar surface area (TPSA) is 54.9 Å². The highest BCUT2D eigenvalue weighted by Crippen LogP contribution is 2.35. The van der Waals surface area contributed by atoms with Gasteiger partial charge >= 0.3 is 0 Å². The summed E-state index contributed by atoms with van der Waals surface area (Å²) in [5, 5.41) is 0.720. The largest absolute Gasteiger partial charge is 0.492 e. The molecule has 0 spiro atoms. The van der Waals surface area contributed by atoms with Crippen molar-refractivity contribution in [2.45, 2.75) is 27.2 Å². The van der Waals surface area contributed by atoms with E-state index >= 15 is 0 Å². The maximum absolute atomic E-state index is 13.6. The molecule has 1 amide bonds. The number of morpholine rings is 1. The molecule has 2 heterocycles. The van der Waals surface area contributed by atoms with E-state index in [9.17, 15) is 4.79 Å². The lowest BCUT2D eigenvalue weighted by Crippen LogP contribution is -2.39. The summed E-state index contributed by atoms with van der Waals surface area (Å²) in [5.74, 6) is 0.756. The van der Waals surface area contributed by atoms with Gasteiger partial charge in [0.25, 0.3) is 5.91 Å². The van der Waals surface area contributed by atoms with Crippen molar-refractivity contribution in [1.29, 1.82) is 0 Å². The van der Waals surface area contributed by atoms with E-state index in [-0.39, 0.29) is 5.91 Å². The van der Waals surface area contributed by atoms with Crippen LogP contribution in [0.15, 0.2) is 36.4 Å². The number of carbonyl (C=O) groups is 1. The van der Waals surface area contributed by atoms with Crippen LogP contribution >= 0.6 is 11.3 Å². The predicted molar refractivity (Wildman–Crippen MR) is 130 cm³/mol. The van der Waals surface area contributed by atoms with E-state index < -0.39 is 0 Å². The summed E-state index contributed by atoms with van der Waals surface area (Å²) in [5.41, 5.74) is 3.82. The Bertz CT molecular complexity index is 1080. The van der Waals surface area contributed by atoms with Gasteiger partial charge in [0.2, 0.25) is 0 Å². The number of para-hydroxylation sites is 1. The summed E-state index contributed by atoms with van der Waals surface area (Å²) in [7, 11) is 0. The van der Waals surface area contributed by atoms with Gasteiger partial charge in [-0.15, -0.1) is 0 Å². The molecule has 3 aromatic rings. The van der Waals surface area contributed by atoms with Crippen LogP contribution < -0.4 is 9.64 Å². The lowest BCUT2D eigenvalue weighted by atomic mass is 10.1. The van der Waals surface area contributed by atoms with Crippen molar-refractivity contribution in [1.82, 2.24) is 9.88 Å². The van der Waals surface area contributed by atoms with Gasteiger partial charge in [-0.1, -0.05) is 23.5 Å². The molecule has 1 aliphatic rings. The molecule has 0 radical (unpaired) electrons. The van der Waals surface area contributed by atoms with Crippen LogP contribution in [0.1, 0.15) is 34.8 Å². The number of carbonyl (C=O) groups excluding carboxylic acids is 1. The Hall–Kier alpha value is -2.48. The fourth-order valence-corrected chi connectivity index (χ4v) is 4.90. The highest BCUT2D eigenvalue weighted by molar-refractivity contribution is 7.22. The molecule has 0 bridgehead atoms. The minimum absolute atomic E-state index is 0.00732. The zero-order valence-corrected chi connectivity index (χ0v) is 19.9. The van der Waals surface area contributed by atoms with Crippen LogP contribution in [-0.4, -0.2) is 61.8 Å². The molecule has 4 rings (SSSR count). The Morgan fingerprint density at radius 1 is 1.19 bits per heavy atom. The molecular weight excluding hydrogens is 422 g/mol. The Kier molecular flexibility index (Phi) is 7.40. The van der Waals surface area contributed by atoms with E-state index in [1.807, 2.05) is 55.1 Å². The van der Waals surface area contributed by atoms with E-state index in [4.69, 9.17) is 14.5 Å². The van der Waals surface area contributed by atoms with Gasteiger partial charge in [0.1, 0.15) is 11.3 Å². The van der Waals surface area contributed by atoms with Gasteiger partial charge < -0.3 is 9.47 Å². The normalized spacial score (nSPS) is 14.6. The molecule has 1 fully saturated rings. The number of aryl methyl sites for hydroxylation is 2. The van der Waals surface area contributed by atoms with Crippen molar-refractivity contribution in [2.24, 2.45) is 0 Å². The summed E-state index contributed by atoms with van der Waals surface area (Å²) in [4.78, 5) is 22.7. The minimum Gasteiger partial charge on any atom is -0.492 e. The Morgan fingerprint density at radius 3 is 2.75 bits per heavy atom. The second kappa shape index (κ2) is 10.4. The number of benzene rings is 2. The fourth-order valence-electron chi connectivity index (χ4n) is 3.89. The number of aromatic nitrogens is 1. The van der Waals surface area contributed by atoms with Crippen LogP contribution in [0.2, 0.25) is 0 Å². The molecule has 1 saturated heterocycles. The average molecular weight is 454 g/mol. The third-order valence-electron chi connectivity index (χ3n) is 5.86. The SMILES string of the molecule is CCOc1cccc2sc(N(CCCN3CCOCC3)C(=O)c3ccc(C)c(C)c3)nc12. The molecule has 7 heteroatoms. The molecule has 1 aliphatic heterocycles. The third-order valence-corrected chi connectivity index (χ3v) is 6.90. The second-order valence-corrected chi connectivity index (χ2v) is 9.10. The zero-order chi connectivity index (χ0) is 22.5. The van der Waals surface area contributed by atoms with Crippen molar-refractivity contribution in [3.63, 3.8) is 0 Å². The molecule has 0 aliphatic carbocycles. The number of ether oxygens (including phenoxy) is 2. The van der Waals surface area contributed by atoms with Crippen LogP contribution in [0.5, 0.6) is 5.75 Å². The van der Waals surface area contributed by atoms with E-state index in [0.29, 0.717) is 18.7 Å². The average Bonchev–Trinajstić information content (AvgIpc) is 3.24. The highest BCUT2D eigenvalue weighted by atomic mass is 32.1. The molecule has 170 valence electrons. The van der Waals surface area contributed by atoms with Crippen LogP contribution in [0.4, 0.5) is 5.13 Å². The van der Waals surface area contributed by atoms with Gasteiger partial charge in [-0.25, -0.2) is 4.98 Å². The number of amides is 1. The van der Waals surface area contributed by atoms with Gasteiger partial charge in [0.05, 0.1) is 24.5 Å². The van der Waals surface area contributed by atoms with Crippen molar-refractivity contribution >= 4 is 32.6 Å². The van der Waals surface area contributed by atoms with Crippen molar-refractivity contribution in [3.05, 3.63) is 53.1 Å². The number of anilines is 1. The first-order valence-electron chi connectivity index (χ1n) is 11.3. The fraction of sp³-hybridized carbons (Fsp3) is 0.440. The van der Waals surface area contributed by atoms with Crippen LogP contribution in [0.3, 0.4) is 0 Å². The first kappa shape index (κ1) is 22.7. The predicted octanol–water partition coefficient (Wildman–Crippen LogP) is 4.68. The van der Waals surface area contributed by atoms with Crippen LogP contribution in [0.25, 0.3) is 10.2 Å². The van der Waals surface area contributed by atoms with Gasteiger partial charge in [0.15, 0.2) is 5.13 Å². The number of fused-ring (bicyclic) bond motifs is 1. The van der Waals surface area contributed by atoms with E-state index in [1.165, 1.54) is 5.56 Å². The quantitative estimate of drug-likeness (QED) is 0.496. The molecule has 0 atom stereocenters. The van der Waals surface area contributed by atoms with E-state index in [2.05, 4.69) is 11.8 Å². The van der Waals surface area contributed by atoms with Gasteiger partial charge in [-0.05, 0) is 62.6 Å². The number of rotatable bonds is 8. The van der Waals surface area contributed by atoms with Crippen molar-refractivity contribution in [2.75, 3.05) is 50.9 Å². The standard InChI is InChI=1S/C25H31N3O3S/c1-4-31-21-7-5-8-22-23(21)26-25(32-22)28(12-6-11-27-13-15-30-16-14-27)24(29)20-10-9-18(2)19(3)17-20/h5,7-10,17H,4,6,11-16H2,1-3H3. The zero-order valence-electron chi connectivity index (χ0n) is 19.1. The number of thiazole rings is 1. The maximum atomic E-state index is 13.6. The van der Waals surface area contributed by atoms with Gasteiger partial charge in [-0.3, -0.25) is 14.6 Å². The molecule has 1 aromatic heterocycles. The molecule has 0 N–H and O–H groups in total. The Balaban J connectivity index is 1.61. The number of hydrogen-bond acceptors (Lipinski definition) is 6. The smallest absolute Gasteiger partial charge is 0.260 e. The molecule has 2 aromatic carbocycles. The van der Waals surface area contributed by atoms with Crippen molar-refractivity contribution < 1.29 is 14.3 Å². The first-order chi connectivity index (χ1) is 15.6. The molecular formula is C25H31N3O3S. The third kappa shape index (κ3) is 5.11. The second-order valence-electron chi connectivity index (χ2n) is 8.10. The van der Waals surface area contributed by atoms with Crippen LogP contribution in [0, 0.1) is 13.8 Å². The lowest BCUT2D eigenvalue weighted by molar-refractivity contribution is 0.0376. The summed E-state index contributed by atoms with van der Waals surface area (Å²) in [6.45, 7) is 11.7. The van der Waals surface area contributed by atoms with Crippen LogP contribution in [-0.2, 0) is 4.74 Å². The highest BCUT2D eigenvalue weighted by Gasteiger charge is 2.23. The molecule has 0 saturated carbocycles. The Labute approximate surface area is 193 Å². The molecule has 32 heavy (non-hydrogen) atoms. The van der Waals surface area contributed by atoms with E-state index in [1.54, 1.807) is 11.3 Å². The Morgan fingerprint density at radius 2 is 2.00 bits per heavy atom.